The van der Waals surface area contributed by atoms with Crippen LogP contribution in [0.1, 0.15) is 24.0 Å². The lowest BCUT2D eigenvalue weighted by Crippen LogP contribution is -2.13. The summed E-state index contributed by atoms with van der Waals surface area (Å²) in [5, 5.41) is 7.23. The van der Waals surface area contributed by atoms with Crippen LogP contribution in [0, 0.1) is 6.92 Å². The van der Waals surface area contributed by atoms with Gasteiger partial charge in [-0.2, -0.15) is 5.10 Å². The van der Waals surface area contributed by atoms with Gasteiger partial charge in [0, 0.05) is 18.7 Å². The summed E-state index contributed by atoms with van der Waals surface area (Å²) < 4.78 is 12.5. The molecular formula is C22H25N3O3. The molecule has 0 atom stereocenters. The number of anilines is 1. The molecule has 1 amide bonds. The van der Waals surface area contributed by atoms with Crippen molar-refractivity contribution >= 4 is 11.7 Å². The topological polar surface area (TPSA) is 65.4 Å². The third-order valence-electron chi connectivity index (χ3n) is 4.25. The Kier molecular flexibility index (Phi) is 6.68. The molecule has 3 rings (SSSR count). The second-order valence-corrected chi connectivity index (χ2v) is 6.56. The number of benzene rings is 2. The van der Waals surface area contributed by atoms with Crippen LogP contribution >= 0.6 is 0 Å². The van der Waals surface area contributed by atoms with Crippen LogP contribution in [0.15, 0.2) is 60.8 Å². The molecule has 0 aliphatic heterocycles. The van der Waals surface area contributed by atoms with Crippen molar-refractivity contribution in [2.45, 2.75) is 26.3 Å². The average molecular weight is 379 g/mol. The zero-order chi connectivity index (χ0) is 19.8. The number of rotatable bonds is 9. The first-order chi connectivity index (χ1) is 13.6. The highest BCUT2D eigenvalue weighted by Crippen LogP contribution is 2.17. The third kappa shape index (κ3) is 5.87. The van der Waals surface area contributed by atoms with Gasteiger partial charge in [-0.1, -0.05) is 29.8 Å². The number of hydrogen-bond acceptors (Lipinski definition) is 4. The standard InChI is InChI=1S/C22H25N3O3/c1-17-5-7-18(8-6-17)16-25-14-13-21(24-25)23-22(26)4-3-15-28-20-11-9-19(27-2)10-12-20/h5-14H,3-4,15-16H2,1-2H3,(H,23,24,26). The van der Waals surface area contributed by atoms with Crippen molar-refractivity contribution in [2.24, 2.45) is 0 Å². The van der Waals surface area contributed by atoms with Gasteiger partial charge in [0.2, 0.25) is 5.91 Å². The van der Waals surface area contributed by atoms with Gasteiger partial charge in [-0.15, -0.1) is 0 Å². The van der Waals surface area contributed by atoms with Crippen molar-refractivity contribution in [3.63, 3.8) is 0 Å². The normalized spacial score (nSPS) is 10.5. The minimum Gasteiger partial charge on any atom is -0.497 e. The smallest absolute Gasteiger partial charge is 0.225 e. The highest BCUT2D eigenvalue weighted by atomic mass is 16.5. The number of aryl methyl sites for hydroxylation is 1. The molecule has 0 fully saturated rings. The molecule has 0 aliphatic rings. The third-order valence-corrected chi connectivity index (χ3v) is 4.25. The molecule has 0 aliphatic carbocycles. The van der Waals surface area contributed by atoms with Gasteiger partial charge in [0.1, 0.15) is 11.5 Å². The first kappa shape index (κ1) is 19.5. The Balaban J connectivity index is 1.38. The minimum atomic E-state index is -0.0704. The second-order valence-electron chi connectivity index (χ2n) is 6.56. The summed E-state index contributed by atoms with van der Waals surface area (Å²) in [6, 6.07) is 17.5. The zero-order valence-electron chi connectivity index (χ0n) is 16.2. The molecule has 3 aromatic rings. The molecule has 0 unspecified atom stereocenters. The monoisotopic (exact) mass is 379 g/mol. The van der Waals surface area contributed by atoms with E-state index in [9.17, 15) is 4.79 Å². The minimum absolute atomic E-state index is 0.0704. The molecule has 6 heteroatoms. The number of ether oxygens (including phenoxy) is 2. The van der Waals surface area contributed by atoms with Crippen molar-refractivity contribution < 1.29 is 14.3 Å². The molecule has 146 valence electrons. The Morgan fingerprint density at radius 1 is 1.04 bits per heavy atom. The highest BCUT2D eigenvalue weighted by Gasteiger charge is 2.06. The van der Waals surface area contributed by atoms with E-state index in [0.29, 0.717) is 31.8 Å². The first-order valence-corrected chi connectivity index (χ1v) is 9.28. The van der Waals surface area contributed by atoms with Crippen molar-refractivity contribution in [1.82, 2.24) is 9.78 Å². The fraction of sp³-hybridized carbons (Fsp3) is 0.273. The lowest BCUT2D eigenvalue weighted by molar-refractivity contribution is -0.116. The molecule has 0 radical (unpaired) electrons. The fourth-order valence-corrected chi connectivity index (χ4v) is 2.70. The molecule has 1 N–H and O–H groups in total. The van der Waals surface area contributed by atoms with Crippen molar-refractivity contribution in [1.29, 1.82) is 0 Å². The van der Waals surface area contributed by atoms with E-state index in [1.165, 1.54) is 11.1 Å². The quantitative estimate of drug-likeness (QED) is 0.570. The van der Waals surface area contributed by atoms with E-state index in [1.54, 1.807) is 13.2 Å². The summed E-state index contributed by atoms with van der Waals surface area (Å²) in [5.41, 5.74) is 2.40. The lowest BCUT2D eigenvalue weighted by atomic mass is 10.1. The molecule has 0 bridgehead atoms. The molecule has 6 nitrogen and oxygen atoms in total. The van der Waals surface area contributed by atoms with Gasteiger partial charge >= 0.3 is 0 Å². The fourth-order valence-electron chi connectivity index (χ4n) is 2.70. The van der Waals surface area contributed by atoms with Crippen LogP contribution in [0.3, 0.4) is 0 Å². The number of nitrogens with one attached hydrogen (secondary N) is 1. The first-order valence-electron chi connectivity index (χ1n) is 9.28. The van der Waals surface area contributed by atoms with Crippen LogP contribution in [0.5, 0.6) is 11.5 Å². The Morgan fingerprint density at radius 3 is 2.46 bits per heavy atom. The van der Waals surface area contributed by atoms with Crippen molar-refractivity contribution in [2.75, 3.05) is 19.0 Å². The van der Waals surface area contributed by atoms with Gasteiger partial charge in [-0.25, -0.2) is 0 Å². The predicted molar refractivity (Wildman–Crippen MR) is 109 cm³/mol. The maximum atomic E-state index is 12.1. The van der Waals surface area contributed by atoms with E-state index in [2.05, 4.69) is 41.6 Å². The molecule has 2 aromatic carbocycles. The summed E-state index contributed by atoms with van der Waals surface area (Å²) in [4.78, 5) is 12.1. The van der Waals surface area contributed by atoms with Gasteiger partial charge < -0.3 is 14.8 Å². The summed E-state index contributed by atoms with van der Waals surface area (Å²) in [6.45, 7) is 3.21. The second kappa shape index (κ2) is 9.60. The van der Waals surface area contributed by atoms with Crippen molar-refractivity contribution in [3.8, 4) is 11.5 Å². The summed E-state index contributed by atoms with van der Waals surface area (Å²) in [7, 11) is 1.63. The van der Waals surface area contributed by atoms with Crippen LogP contribution in [0.4, 0.5) is 5.82 Å². The molecule has 0 saturated heterocycles. The summed E-state index contributed by atoms with van der Waals surface area (Å²) >= 11 is 0. The SMILES string of the molecule is COc1ccc(OCCCC(=O)Nc2ccn(Cc3ccc(C)cc3)n2)cc1. The van der Waals surface area contributed by atoms with Gasteiger partial charge in [0.25, 0.3) is 0 Å². The molecular weight excluding hydrogens is 354 g/mol. The lowest BCUT2D eigenvalue weighted by Gasteiger charge is -2.07. The van der Waals surface area contributed by atoms with E-state index in [0.717, 1.165) is 11.5 Å². The molecule has 0 spiro atoms. The largest absolute Gasteiger partial charge is 0.497 e. The van der Waals surface area contributed by atoms with Gasteiger partial charge in [-0.3, -0.25) is 9.48 Å². The average Bonchev–Trinajstić information content (AvgIpc) is 3.14. The molecule has 28 heavy (non-hydrogen) atoms. The summed E-state index contributed by atoms with van der Waals surface area (Å²) in [6.07, 6.45) is 2.87. The molecule has 1 aromatic heterocycles. The van der Waals surface area contributed by atoms with Crippen LogP contribution in [0.25, 0.3) is 0 Å². The van der Waals surface area contributed by atoms with E-state index in [-0.39, 0.29) is 5.91 Å². The van der Waals surface area contributed by atoms with E-state index in [4.69, 9.17) is 9.47 Å². The van der Waals surface area contributed by atoms with Crippen LogP contribution in [0.2, 0.25) is 0 Å². The Labute approximate surface area is 165 Å². The predicted octanol–water partition coefficient (Wildman–Crippen LogP) is 4.05. The summed E-state index contributed by atoms with van der Waals surface area (Å²) in [5.74, 6) is 2.04. The molecule has 0 saturated carbocycles. The zero-order valence-corrected chi connectivity index (χ0v) is 16.2. The highest BCUT2D eigenvalue weighted by molar-refractivity contribution is 5.89. The van der Waals surface area contributed by atoms with Crippen LogP contribution in [-0.2, 0) is 11.3 Å². The number of methoxy groups -OCH3 is 1. The number of nitrogens with zero attached hydrogens (tertiary/aromatic N) is 2. The maximum Gasteiger partial charge on any atom is 0.225 e. The number of carbonyl (C=O) groups excluding carboxylic acids is 1. The van der Waals surface area contributed by atoms with E-state index in [1.807, 2.05) is 35.1 Å². The van der Waals surface area contributed by atoms with Gasteiger partial charge in [-0.05, 0) is 43.2 Å². The maximum absolute atomic E-state index is 12.1. The Hall–Kier alpha value is -3.28. The van der Waals surface area contributed by atoms with Crippen LogP contribution in [-0.4, -0.2) is 29.4 Å². The Morgan fingerprint density at radius 2 is 1.75 bits per heavy atom. The Bertz CT molecular complexity index is 886. The van der Waals surface area contributed by atoms with E-state index >= 15 is 0 Å². The van der Waals surface area contributed by atoms with Crippen LogP contribution < -0.4 is 14.8 Å². The van der Waals surface area contributed by atoms with E-state index < -0.39 is 0 Å². The van der Waals surface area contributed by atoms with Crippen molar-refractivity contribution in [3.05, 3.63) is 71.9 Å². The number of hydrogen-bond donors (Lipinski definition) is 1. The van der Waals surface area contributed by atoms with Gasteiger partial charge in [0.05, 0.1) is 20.3 Å². The molecule has 1 heterocycles. The number of aromatic nitrogens is 2. The number of carbonyl (C=O) groups is 1. The van der Waals surface area contributed by atoms with Gasteiger partial charge in [0.15, 0.2) is 5.82 Å². The number of amides is 1.